The highest BCUT2D eigenvalue weighted by Crippen LogP contribution is 2.25. The molecule has 2 rings (SSSR count). The summed E-state index contributed by atoms with van der Waals surface area (Å²) in [4.78, 5) is 4.00. The third-order valence-corrected chi connectivity index (χ3v) is 2.88. The molecule has 8 heteroatoms. The van der Waals surface area contributed by atoms with Gasteiger partial charge in [0.25, 0.3) is 0 Å². The van der Waals surface area contributed by atoms with E-state index >= 15 is 0 Å². The maximum atomic E-state index is 12.0. The molecule has 2 atom stereocenters. The standard InChI is InChI=1S/C10H14F3N3O2/c1-14-7-5-17-4-6(7)9-15-8(16-18-9)2-3-10(11,12)13/h6-7,14H,2-5H2,1H3. The summed E-state index contributed by atoms with van der Waals surface area (Å²) in [7, 11) is 1.78. The molecule has 1 aliphatic heterocycles. The number of aromatic nitrogens is 2. The number of ether oxygens (including phenoxy) is 1. The third kappa shape index (κ3) is 3.20. The van der Waals surface area contributed by atoms with Crippen LogP contribution in [-0.2, 0) is 11.2 Å². The van der Waals surface area contributed by atoms with Gasteiger partial charge in [0.15, 0.2) is 5.82 Å². The minimum atomic E-state index is -4.20. The monoisotopic (exact) mass is 265 g/mol. The number of hydrogen-bond acceptors (Lipinski definition) is 5. The molecule has 18 heavy (non-hydrogen) atoms. The minimum absolute atomic E-state index is 0.0564. The number of likely N-dealkylation sites (N-methyl/N-ethyl adjacent to an activating group) is 1. The second-order valence-corrected chi connectivity index (χ2v) is 4.20. The highest BCUT2D eigenvalue weighted by Gasteiger charge is 2.33. The summed E-state index contributed by atoms with van der Waals surface area (Å²) in [5.41, 5.74) is 0. The molecule has 0 spiro atoms. The van der Waals surface area contributed by atoms with Gasteiger partial charge < -0.3 is 14.6 Å². The Hall–Kier alpha value is -1.15. The zero-order valence-electron chi connectivity index (χ0n) is 9.83. The van der Waals surface area contributed by atoms with Crippen LogP contribution < -0.4 is 5.32 Å². The van der Waals surface area contributed by atoms with Crippen LogP contribution >= 0.6 is 0 Å². The average Bonchev–Trinajstić information content (AvgIpc) is 2.93. The average molecular weight is 265 g/mol. The van der Waals surface area contributed by atoms with E-state index in [0.29, 0.717) is 19.1 Å². The molecule has 2 unspecified atom stereocenters. The number of aryl methyl sites for hydroxylation is 1. The van der Waals surface area contributed by atoms with E-state index in [1.165, 1.54) is 0 Å². The first-order valence-electron chi connectivity index (χ1n) is 5.64. The molecule has 0 saturated carbocycles. The molecule has 0 radical (unpaired) electrons. The minimum Gasteiger partial charge on any atom is -0.379 e. The Labute approximate surface area is 102 Å². The topological polar surface area (TPSA) is 60.2 Å². The molecular weight excluding hydrogens is 251 g/mol. The van der Waals surface area contributed by atoms with Crippen molar-refractivity contribution in [2.45, 2.75) is 31.0 Å². The molecule has 102 valence electrons. The first-order valence-corrected chi connectivity index (χ1v) is 5.64. The Kier molecular flexibility index (Phi) is 3.86. The number of rotatable bonds is 4. The van der Waals surface area contributed by atoms with Gasteiger partial charge in [0, 0.05) is 12.5 Å². The number of nitrogens with zero attached hydrogens (tertiary/aromatic N) is 2. The zero-order chi connectivity index (χ0) is 13.2. The van der Waals surface area contributed by atoms with Gasteiger partial charge in [-0.3, -0.25) is 0 Å². The molecule has 1 N–H and O–H groups in total. The first-order chi connectivity index (χ1) is 8.49. The van der Waals surface area contributed by atoms with E-state index < -0.39 is 12.6 Å². The van der Waals surface area contributed by atoms with Crippen molar-refractivity contribution in [1.29, 1.82) is 0 Å². The SMILES string of the molecule is CNC1COCC1c1nc(CCC(F)(F)F)no1. The van der Waals surface area contributed by atoms with E-state index in [2.05, 4.69) is 15.5 Å². The van der Waals surface area contributed by atoms with Crippen LogP contribution in [0.15, 0.2) is 4.52 Å². The Morgan fingerprint density at radius 3 is 2.83 bits per heavy atom. The highest BCUT2D eigenvalue weighted by atomic mass is 19.4. The lowest BCUT2D eigenvalue weighted by Crippen LogP contribution is -2.31. The van der Waals surface area contributed by atoms with Crippen LogP contribution in [0, 0.1) is 0 Å². The molecule has 1 aliphatic rings. The summed E-state index contributed by atoms with van der Waals surface area (Å²) in [6.07, 6.45) is -5.40. The molecule has 0 amide bonds. The van der Waals surface area contributed by atoms with Gasteiger partial charge in [-0.2, -0.15) is 18.2 Å². The molecule has 5 nitrogen and oxygen atoms in total. The fraction of sp³-hybridized carbons (Fsp3) is 0.800. The maximum Gasteiger partial charge on any atom is 0.389 e. The largest absolute Gasteiger partial charge is 0.389 e. The van der Waals surface area contributed by atoms with Gasteiger partial charge in [-0.1, -0.05) is 5.16 Å². The fourth-order valence-electron chi connectivity index (χ4n) is 1.86. The molecule has 0 aromatic carbocycles. The van der Waals surface area contributed by atoms with Crippen molar-refractivity contribution in [2.75, 3.05) is 20.3 Å². The number of alkyl halides is 3. The molecule has 0 bridgehead atoms. The van der Waals surface area contributed by atoms with Gasteiger partial charge in [0.05, 0.1) is 25.6 Å². The van der Waals surface area contributed by atoms with Crippen molar-refractivity contribution in [3.8, 4) is 0 Å². The lowest BCUT2D eigenvalue weighted by molar-refractivity contribution is -0.134. The van der Waals surface area contributed by atoms with Gasteiger partial charge in [-0.05, 0) is 7.05 Å². The van der Waals surface area contributed by atoms with Gasteiger partial charge in [0.1, 0.15) is 0 Å². The van der Waals surface area contributed by atoms with Gasteiger partial charge >= 0.3 is 6.18 Å². The lowest BCUT2D eigenvalue weighted by Gasteiger charge is -2.11. The van der Waals surface area contributed by atoms with E-state index in [-0.39, 0.29) is 24.2 Å². The number of halogens is 3. The van der Waals surface area contributed by atoms with Crippen molar-refractivity contribution < 1.29 is 22.4 Å². The van der Waals surface area contributed by atoms with Crippen LogP contribution in [0.1, 0.15) is 24.1 Å². The van der Waals surface area contributed by atoms with E-state index in [0.717, 1.165) is 0 Å². The summed E-state index contributed by atoms with van der Waals surface area (Å²) >= 11 is 0. The Bertz CT molecular complexity index is 394. The first kappa shape index (κ1) is 13.3. The molecular formula is C10H14F3N3O2. The van der Waals surface area contributed by atoms with Crippen molar-refractivity contribution in [2.24, 2.45) is 0 Å². The van der Waals surface area contributed by atoms with Crippen molar-refractivity contribution >= 4 is 0 Å². The van der Waals surface area contributed by atoms with Crippen LogP contribution in [0.4, 0.5) is 13.2 Å². The molecule has 1 saturated heterocycles. The van der Waals surface area contributed by atoms with E-state index in [9.17, 15) is 13.2 Å². The Morgan fingerprint density at radius 1 is 1.39 bits per heavy atom. The highest BCUT2D eigenvalue weighted by molar-refractivity contribution is 5.02. The second-order valence-electron chi connectivity index (χ2n) is 4.20. The summed E-state index contributed by atoms with van der Waals surface area (Å²) in [6, 6.07) is 0.0564. The molecule has 2 heterocycles. The Balaban J connectivity index is 1.97. The zero-order valence-corrected chi connectivity index (χ0v) is 9.83. The van der Waals surface area contributed by atoms with Gasteiger partial charge in [0.2, 0.25) is 5.89 Å². The van der Waals surface area contributed by atoms with Crippen molar-refractivity contribution in [1.82, 2.24) is 15.5 Å². The van der Waals surface area contributed by atoms with Gasteiger partial charge in [-0.15, -0.1) is 0 Å². The molecule has 1 aromatic rings. The van der Waals surface area contributed by atoms with Crippen LogP contribution in [0.3, 0.4) is 0 Å². The summed E-state index contributed by atoms with van der Waals surface area (Å²) in [5.74, 6) is 0.329. The van der Waals surface area contributed by atoms with Crippen molar-refractivity contribution in [3.05, 3.63) is 11.7 Å². The quantitative estimate of drug-likeness (QED) is 0.888. The molecule has 1 aromatic heterocycles. The second kappa shape index (κ2) is 5.23. The number of hydrogen-bond donors (Lipinski definition) is 1. The number of nitrogens with one attached hydrogen (secondary N) is 1. The Morgan fingerprint density at radius 2 is 2.17 bits per heavy atom. The molecule has 1 fully saturated rings. The van der Waals surface area contributed by atoms with E-state index in [1.54, 1.807) is 7.05 Å². The summed E-state index contributed by atoms with van der Waals surface area (Å²) < 4.78 is 46.4. The van der Waals surface area contributed by atoms with Gasteiger partial charge in [-0.25, -0.2) is 0 Å². The predicted molar refractivity (Wildman–Crippen MR) is 55.1 cm³/mol. The van der Waals surface area contributed by atoms with Crippen LogP contribution in [0.5, 0.6) is 0 Å². The van der Waals surface area contributed by atoms with Crippen LogP contribution in [0.2, 0.25) is 0 Å². The van der Waals surface area contributed by atoms with Crippen LogP contribution in [-0.4, -0.2) is 42.6 Å². The normalized spacial score (nSPS) is 24.7. The lowest BCUT2D eigenvalue weighted by atomic mass is 10.0. The fourth-order valence-corrected chi connectivity index (χ4v) is 1.86. The molecule has 0 aliphatic carbocycles. The third-order valence-electron chi connectivity index (χ3n) is 2.88. The smallest absolute Gasteiger partial charge is 0.379 e. The van der Waals surface area contributed by atoms with E-state index in [1.807, 2.05) is 0 Å². The van der Waals surface area contributed by atoms with E-state index in [4.69, 9.17) is 9.26 Å². The van der Waals surface area contributed by atoms with Crippen molar-refractivity contribution in [3.63, 3.8) is 0 Å². The van der Waals surface area contributed by atoms with Crippen LogP contribution in [0.25, 0.3) is 0 Å². The summed E-state index contributed by atoms with van der Waals surface area (Å²) in [5, 5.41) is 6.61. The summed E-state index contributed by atoms with van der Waals surface area (Å²) in [6.45, 7) is 0.966. The maximum absolute atomic E-state index is 12.0. The predicted octanol–water partition coefficient (Wildman–Crippen LogP) is 1.27.